The first kappa shape index (κ1) is 15.8. The highest BCUT2D eigenvalue weighted by atomic mass is 79.9. The van der Waals surface area contributed by atoms with Crippen molar-refractivity contribution >= 4 is 38.5 Å². The van der Waals surface area contributed by atoms with Gasteiger partial charge in [0.05, 0.1) is 0 Å². The number of furan rings is 1. The second-order valence-electron chi connectivity index (χ2n) is 5.65. The zero-order valence-electron chi connectivity index (χ0n) is 13.4. The Hall–Kier alpha value is -2.07. The standard InChI is InChI=1S/C19H18BrNO2/c1-4-13-5-8-17-15(10-13)12(3)18(23-17)19(22)21-16-7-6-14(20)9-11(16)2/h5-10H,4H2,1-3H3,(H,21,22). The van der Waals surface area contributed by atoms with Crippen molar-refractivity contribution in [3.05, 3.63) is 63.3 Å². The van der Waals surface area contributed by atoms with Gasteiger partial charge < -0.3 is 9.73 Å². The van der Waals surface area contributed by atoms with E-state index >= 15 is 0 Å². The van der Waals surface area contributed by atoms with E-state index in [4.69, 9.17) is 4.42 Å². The van der Waals surface area contributed by atoms with E-state index in [9.17, 15) is 4.79 Å². The van der Waals surface area contributed by atoms with E-state index in [1.54, 1.807) is 0 Å². The van der Waals surface area contributed by atoms with Gasteiger partial charge in [0.15, 0.2) is 5.76 Å². The van der Waals surface area contributed by atoms with E-state index in [1.165, 1.54) is 5.56 Å². The Morgan fingerprint density at radius 2 is 1.96 bits per heavy atom. The molecule has 0 saturated carbocycles. The molecule has 1 amide bonds. The summed E-state index contributed by atoms with van der Waals surface area (Å²) in [4.78, 5) is 12.6. The summed E-state index contributed by atoms with van der Waals surface area (Å²) in [5.41, 5.74) is 4.64. The molecule has 0 aliphatic rings. The van der Waals surface area contributed by atoms with Crippen LogP contribution >= 0.6 is 15.9 Å². The summed E-state index contributed by atoms with van der Waals surface area (Å²) >= 11 is 3.42. The Bertz CT molecular complexity index is 896. The van der Waals surface area contributed by atoms with Crippen molar-refractivity contribution in [1.29, 1.82) is 0 Å². The molecule has 0 bridgehead atoms. The largest absolute Gasteiger partial charge is 0.451 e. The van der Waals surface area contributed by atoms with E-state index in [2.05, 4.69) is 34.2 Å². The summed E-state index contributed by atoms with van der Waals surface area (Å²) in [6.45, 7) is 5.99. The number of amides is 1. The first-order chi connectivity index (χ1) is 11.0. The van der Waals surface area contributed by atoms with Gasteiger partial charge in [0.25, 0.3) is 5.91 Å². The first-order valence-corrected chi connectivity index (χ1v) is 8.38. The fraction of sp³-hybridized carbons (Fsp3) is 0.211. The van der Waals surface area contributed by atoms with Crippen LogP contribution in [0.2, 0.25) is 0 Å². The van der Waals surface area contributed by atoms with Crippen molar-refractivity contribution in [3.63, 3.8) is 0 Å². The molecular formula is C19H18BrNO2. The molecule has 1 N–H and O–H groups in total. The zero-order valence-corrected chi connectivity index (χ0v) is 15.0. The quantitative estimate of drug-likeness (QED) is 0.648. The molecule has 0 radical (unpaired) electrons. The number of rotatable bonds is 3. The number of hydrogen-bond acceptors (Lipinski definition) is 2. The Morgan fingerprint density at radius 3 is 2.65 bits per heavy atom. The van der Waals surface area contributed by atoms with Crippen LogP contribution in [-0.4, -0.2) is 5.91 Å². The van der Waals surface area contributed by atoms with E-state index in [0.29, 0.717) is 5.76 Å². The second-order valence-corrected chi connectivity index (χ2v) is 6.57. The maximum atomic E-state index is 12.6. The topological polar surface area (TPSA) is 42.2 Å². The summed E-state index contributed by atoms with van der Waals surface area (Å²) in [5.74, 6) is 0.151. The van der Waals surface area contributed by atoms with Crippen LogP contribution < -0.4 is 5.32 Å². The average Bonchev–Trinajstić information content (AvgIpc) is 2.86. The fourth-order valence-electron chi connectivity index (χ4n) is 2.65. The highest BCUT2D eigenvalue weighted by Crippen LogP contribution is 2.28. The molecule has 23 heavy (non-hydrogen) atoms. The number of aryl methyl sites for hydroxylation is 3. The third-order valence-electron chi connectivity index (χ3n) is 4.05. The summed E-state index contributed by atoms with van der Waals surface area (Å²) in [6, 6.07) is 11.8. The van der Waals surface area contributed by atoms with Gasteiger partial charge in [-0.15, -0.1) is 0 Å². The van der Waals surface area contributed by atoms with Gasteiger partial charge in [-0.2, -0.15) is 0 Å². The van der Waals surface area contributed by atoms with E-state index < -0.39 is 0 Å². The van der Waals surface area contributed by atoms with Gasteiger partial charge in [-0.05, 0) is 61.7 Å². The van der Waals surface area contributed by atoms with Crippen molar-refractivity contribution in [2.75, 3.05) is 5.32 Å². The molecule has 1 heterocycles. The number of halogens is 1. The molecule has 0 saturated heterocycles. The third kappa shape index (κ3) is 3.04. The maximum Gasteiger partial charge on any atom is 0.291 e. The first-order valence-electron chi connectivity index (χ1n) is 7.59. The Labute approximate surface area is 143 Å². The van der Waals surface area contributed by atoms with Crippen molar-refractivity contribution in [3.8, 4) is 0 Å². The van der Waals surface area contributed by atoms with Crippen LogP contribution in [0.1, 0.15) is 34.2 Å². The summed E-state index contributed by atoms with van der Waals surface area (Å²) in [5, 5.41) is 3.93. The molecule has 0 aliphatic carbocycles. The molecule has 1 aromatic heterocycles. The second kappa shape index (κ2) is 6.20. The van der Waals surface area contributed by atoms with Crippen LogP contribution in [0, 0.1) is 13.8 Å². The van der Waals surface area contributed by atoms with Gasteiger partial charge in [-0.1, -0.05) is 28.9 Å². The minimum atomic E-state index is -0.220. The molecular weight excluding hydrogens is 354 g/mol. The van der Waals surface area contributed by atoms with Gasteiger partial charge in [0.1, 0.15) is 5.58 Å². The normalized spacial score (nSPS) is 11.0. The number of benzene rings is 2. The van der Waals surface area contributed by atoms with Crippen LogP contribution in [-0.2, 0) is 6.42 Å². The van der Waals surface area contributed by atoms with Crippen molar-refractivity contribution < 1.29 is 9.21 Å². The molecule has 0 fully saturated rings. The number of anilines is 1. The van der Waals surface area contributed by atoms with Gasteiger partial charge in [0.2, 0.25) is 0 Å². The lowest BCUT2D eigenvalue weighted by Crippen LogP contribution is -2.13. The molecule has 0 unspecified atom stereocenters. The third-order valence-corrected chi connectivity index (χ3v) is 4.54. The Balaban J connectivity index is 1.96. The van der Waals surface area contributed by atoms with Crippen molar-refractivity contribution in [2.24, 2.45) is 0 Å². The summed E-state index contributed by atoms with van der Waals surface area (Å²) in [7, 11) is 0. The molecule has 118 valence electrons. The number of carbonyl (C=O) groups is 1. The average molecular weight is 372 g/mol. The lowest BCUT2D eigenvalue weighted by Gasteiger charge is -2.07. The monoisotopic (exact) mass is 371 g/mol. The molecule has 4 heteroatoms. The minimum Gasteiger partial charge on any atom is -0.451 e. The number of carbonyl (C=O) groups excluding carboxylic acids is 1. The lowest BCUT2D eigenvalue weighted by molar-refractivity contribution is 0.0998. The minimum absolute atomic E-state index is 0.220. The van der Waals surface area contributed by atoms with Gasteiger partial charge in [-0.3, -0.25) is 4.79 Å². The number of fused-ring (bicyclic) bond motifs is 1. The predicted molar refractivity (Wildman–Crippen MR) is 97.2 cm³/mol. The fourth-order valence-corrected chi connectivity index (χ4v) is 3.13. The van der Waals surface area contributed by atoms with E-state index in [1.807, 2.05) is 44.2 Å². The molecule has 3 rings (SSSR count). The van der Waals surface area contributed by atoms with Crippen LogP contribution in [0.4, 0.5) is 5.69 Å². The van der Waals surface area contributed by atoms with E-state index in [-0.39, 0.29) is 5.91 Å². The number of hydrogen-bond donors (Lipinski definition) is 1. The molecule has 0 spiro atoms. The smallest absolute Gasteiger partial charge is 0.291 e. The van der Waals surface area contributed by atoms with Crippen LogP contribution in [0.25, 0.3) is 11.0 Å². The van der Waals surface area contributed by atoms with Crippen molar-refractivity contribution in [2.45, 2.75) is 27.2 Å². The highest BCUT2D eigenvalue weighted by molar-refractivity contribution is 9.10. The summed E-state index contributed by atoms with van der Waals surface area (Å²) < 4.78 is 6.76. The molecule has 0 atom stereocenters. The summed E-state index contributed by atoms with van der Waals surface area (Å²) in [6.07, 6.45) is 0.959. The van der Waals surface area contributed by atoms with Crippen molar-refractivity contribution in [1.82, 2.24) is 0 Å². The zero-order chi connectivity index (χ0) is 16.6. The number of nitrogens with one attached hydrogen (secondary N) is 1. The highest BCUT2D eigenvalue weighted by Gasteiger charge is 2.18. The van der Waals surface area contributed by atoms with Crippen LogP contribution in [0.5, 0.6) is 0 Å². The molecule has 2 aromatic carbocycles. The van der Waals surface area contributed by atoms with Gasteiger partial charge in [0, 0.05) is 21.1 Å². The molecule has 3 nitrogen and oxygen atoms in total. The Morgan fingerprint density at radius 1 is 1.17 bits per heavy atom. The SMILES string of the molecule is CCc1ccc2oc(C(=O)Nc3ccc(Br)cc3C)c(C)c2c1. The molecule has 0 aliphatic heterocycles. The lowest BCUT2D eigenvalue weighted by atomic mass is 10.1. The van der Waals surface area contributed by atoms with E-state index in [0.717, 1.165) is 38.7 Å². The van der Waals surface area contributed by atoms with Gasteiger partial charge in [-0.25, -0.2) is 0 Å². The maximum absolute atomic E-state index is 12.6. The molecule has 3 aromatic rings. The van der Waals surface area contributed by atoms with Gasteiger partial charge >= 0.3 is 0 Å². The predicted octanol–water partition coefficient (Wildman–Crippen LogP) is 5.63. The van der Waals surface area contributed by atoms with Crippen LogP contribution in [0.3, 0.4) is 0 Å². The van der Waals surface area contributed by atoms with Crippen LogP contribution in [0.15, 0.2) is 45.3 Å². The Kier molecular flexibility index (Phi) is 4.26.